The van der Waals surface area contributed by atoms with Gasteiger partial charge in [-0.05, 0) is 45.0 Å². The van der Waals surface area contributed by atoms with E-state index in [0.717, 1.165) is 33.6 Å². The van der Waals surface area contributed by atoms with Crippen LogP contribution in [0.2, 0.25) is 0 Å². The molecule has 0 aliphatic carbocycles. The molecule has 0 radical (unpaired) electrons. The number of aryl methyl sites for hydroxylation is 2. The molecule has 1 aromatic carbocycles. The van der Waals surface area contributed by atoms with E-state index >= 15 is 0 Å². The average molecular weight is 433 g/mol. The summed E-state index contributed by atoms with van der Waals surface area (Å²) in [6, 6.07) is 6.62. The minimum absolute atomic E-state index is 0.277. The Morgan fingerprint density at radius 2 is 2.00 bits per heavy atom. The van der Waals surface area contributed by atoms with Gasteiger partial charge < -0.3 is 10.5 Å². The highest BCUT2D eigenvalue weighted by molar-refractivity contribution is 5.72. The number of benzene rings is 1. The number of nitrogens with zero attached hydrogens (tertiary/aromatic N) is 5. The van der Waals surface area contributed by atoms with E-state index in [0.29, 0.717) is 24.3 Å². The number of fused-ring (bicyclic) bond motifs is 7. The number of nitrogen functional groups attached to an aromatic ring is 1. The summed E-state index contributed by atoms with van der Waals surface area (Å²) in [7, 11) is 1.89. The lowest BCUT2D eigenvalue weighted by Crippen LogP contribution is -2.27. The molecule has 32 heavy (non-hydrogen) atoms. The minimum Gasteiger partial charge on any atom is -0.479 e. The summed E-state index contributed by atoms with van der Waals surface area (Å²) in [5.74, 6) is 0.384. The average Bonchev–Trinajstić information content (AvgIpc) is 3.32. The second kappa shape index (κ2) is 7.19. The van der Waals surface area contributed by atoms with Crippen molar-refractivity contribution in [2.75, 3.05) is 5.73 Å². The van der Waals surface area contributed by atoms with Crippen LogP contribution in [0.5, 0.6) is 5.75 Å². The van der Waals surface area contributed by atoms with Gasteiger partial charge >= 0.3 is 0 Å². The van der Waals surface area contributed by atoms with Crippen molar-refractivity contribution in [3.63, 3.8) is 0 Å². The lowest BCUT2D eigenvalue weighted by molar-refractivity contribution is 0.109. The molecule has 3 aromatic heterocycles. The second-order valence-electron chi connectivity index (χ2n) is 8.60. The van der Waals surface area contributed by atoms with Gasteiger partial charge in [-0.2, -0.15) is 10.2 Å². The number of pyridine rings is 1. The topological polar surface area (TPSA) is 83.8 Å². The number of nitrogens with two attached hydrogens (primary N) is 1. The van der Waals surface area contributed by atoms with Gasteiger partial charge in [-0.3, -0.25) is 9.36 Å². The third-order valence-electron chi connectivity index (χ3n) is 5.91. The molecule has 4 aromatic rings. The van der Waals surface area contributed by atoms with Crippen molar-refractivity contribution >= 4 is 5.82 Å². The molecule has 0 amide bonds. The molecule has 0 unspecified atom stereocenters. The van der Waals surface area contributed by atoms with Crippen molar-refractivity contribution in [2.45, 2.75) is 39.3 Å². The highest BCUT2D eigenvalue weighted by atomic mass is 19.1. The van der Waals surface area contributed by atoms with Gasteiger partial charge in [-0.1, -0.05) is 0 Å². The Balaban J connectivity index is 1.84. The van der Waals surface area contributed by atoms with Gasteiger partial charge in [0.05, 0.1) is 17.6 Å². The van der Waals surface area contributed by atoms with E-state index in [9.17, 15) is 4.39 Å². The van der Waals surface area contributed by atoms with Gasteiger partial charge in [0.1, 0.15) is 11.4 Å². The largest absolute Gasteiger partial charge is 0.479 e. The molecule has 8 heteroatoms. The Kier molecular flexibility index (Phi) is 4.54. The summed E-state index contributed by atoms with van der Waals surface area (Å²) in [6.45, 7) is 6.55. The van der Waals surface area contributed by atoms with E-state index in [1.54, 1.807) is 16.9 Å². The number of hydrogen-bond acceptors (Lipinski definition) is 5. The highest BCUT2D eigenvalue weighted by Crippen LogP contribution is 2.40. The molecule has 0 fully saturated rings. The molecule has 2 bridgehead atoms. The Morgan fingerprint density at radius 3 is 2.78 bits per heavy atom. The monoisotopic (exact) mass is 432 g/mol. The van der Waals surface area contributed by atoms with Crippen LogP contribution in [-0.4, -0.2) is 24.5 Å². The molecule has 1 aliphatic rings. The zero-order chi connectivity index (χ0) is 22.6. The quantitative estimate of drug-likeness (QED) is 0.485. The first kappa shape index (κ1) is 20.2. The first-order chi connectivity index (χ1) is 15.3. The summed E-state index contributed by atoms with van der Waals surface area (Å²) < 4.78 is 24.5. The van der Waals surface area contributed by atoms with Crippen molar-refractivity contribution in [1.82, 2.24) is 24.5 Å². The van der Waals surface area contributed by atoms with Crippen LogP contribution in [0.15, 0.2) is 42.9 Å². The lowest BCUT2D eigenvalue weighted by atomic mass is 9.89. The summed E-state index contributed by atoms with van der Waals surface area (Å²) in [4.78, 5) is 4.39. The molecule has 0 spiro atoms. The summed E-state index contributed by atoms with van der Waals surface area (Å²) >= 11 is 0. The first-order valence-electron chi connectivity index (χ1n) is 10.6. The zero-order valence-electron chi connectivity index (χ0n) is 18.6. The number of hydrogen-bond donors (Lipinski definition) is 1. The fourth-order valence-electron chi connectivity index (χ4n) is 4.44. The Morgan fingerprint density at radius 1 is 1.19 bits per heavy atom. The van der Waals surface area contributed by atoms with Gasteiger partial charge in [0, 0.05) is 60.2 Å². The second-order valence-corrected chi connectivity index (χ2v) is 8.60. The zero-order valence-corrected chi connectivity index (χ0v) is 18.6. The molecule has 4 heterocycles. The van der Waals surface area contributed by atoms with Crippen molar-refractivity contribution in [3.8, 4) is 28.3 Å². The smallest absolute Gasteiger partial charge is 0.166 e. The molecule has 2 N–H and O–H groups in total. The summed E-state index contributed by atoms with van der Waals surface area (Å²) in [5, 5.41) is 9.32. The molecular weight excluding hydrogens is 407 g/mol. The van der Waals surface area contributed by atoms with Crippen molar-refractivity contribution in [1.29, 1.82) is 0 Å². The van der Waals surface area contributed by atoms with Crippen LogP contribution < -0.4 is 10.5 Å². The van der Waals surface area contributed by atoms with Crippen LogP contribution in [0.1, 0.15) is 37.5 Å². The van der Waals surface area contributed by atoms with Crippen LogP contribution in [0.25, 0.3) is 22.5 Å². The maximum atomic E-state index is 14.4. The van der Waals surface area contributed by atoms with Gasteiger partial charge in [0.2, 0.25) is 0 Å². The van der Waals surface area contributed by atoms with Gasteiger partial charge in [0.15, 0.2) is 11.6 Å². The van der Waals surface area contributed by atoms with Crippen LogP contribution >= 0.6 is 0 Å². The van der Waals surface area contributed by atoms with E-state index in [4.69, 9.17) is 15.6 Å². The number of anilines is 1. The van der Waals surface area contributed by atoms with E-state index in [-0.39, 0.29) is 11.6 Å². The van der Waals surface area contributed by atoms with Crippen LogP contribution in [0.3, 0.4) is 0 Å². The molecule has 0 saturated heterocycles. The molecule has 1 aliphatic heterocycles. The minimum atomic E-state index is -0.895. The lowest BCUT2D eigenvalue weighted by Gasteiger charge is -2.30. The highest BCUT2D eigenvalue weighted by Gasteiger charge is 2.31. The number of rotatable bonds is 1. The van der Waals surface area contributed by atoms with Crippen LogP contribution in [0.4, 0.5) is 10.2 Å². The summed E-state index contributed by atoms with van der Waals surface area (Å²) in [6.07, 6.45) is 6.25. The number of aromatic nitrogens is 5. The normalized spacial score (nSPS) is 14.4. The number of halogens is 1. The molecule has 5 rings (SSSR count). The molecule has 0 atom stereocenters. The van der Waals surface area contributed by atoms with Crippen LogP contribution in [-0.2, 0) is 25.6 Å². The van der Waals surface area contributed by atoms with E-state index in [1.807, 2.05) is 44.0 Å². The standard InChI is InChI=1S/C24H25FN6O/c1-5-31-22-14(12-28-31)8-16-13-30(4)29-21(16)18-7-6-17(25)10-19(18)24(2,3)32-20-9-15(22)11-27-23(20)26/h6-7,9-13H,5,8H2,1-4H3,(H2,26,27). The summed E-state index contributed by atoms with van der Waals surface area (Å²) in [5.41, 5.74) is 11.5. The maximum Gasteiger partial charge on any atom is 0.166 e. The molecule has 164 valence electrons. The van der Waals surface area contributed by atoms with E-state index in [1.165, 1.54) is 12.1 Å². The van der Waals surface area contributed by atoms with Crippen LogP contribution in [0, 0.1) is 5.82 Å². The Bertz CT molecular complexity index is 1340. The van der Waals surface area contributed by atoms with E-state index in [2.05, 4.69) is 17.0 Å². The van der Waals surface area contributed by atoms with Gasteiger partial charge in [0.25, 0.3) is 0 Å². The number of ether oxygens (including phenoxy) is 1. The third kappa shape index (κ3) is 3.23. The SMILES string of the molecule is CCn1ncc2c1-c1cnc(N)c(c1)OC(C)(C)c1cc(F)ccc1-c1nn(C)cc1C2. The molecule has 7 nitrogen and oxygen atoms in total. The van der Waals surface area contributed by atoms with Gasteiger partial charge in [-0.15, -0.1) is 0 Å². The van der Waals surface area contributed by atoms with Crippen molar-refractivity contribution in [3.05, 3.63) is 65.4 Å². The molecular formula is C24H25FN6O. The fourth-order valence-corrected chi connectivity index (χ4v) is 4.44. The Labute approximate surface area is 185 Å². The third-order valence-corrected chi connectivity index (χ3v) is 5.91. The predicted octanol–water partition coefficient (Wildman–Crippen LogP) is 4.31. The fraction of sp³-hybridized carbons (Fsp3) is 0.292. The molecule has 0 saturated carbocycles. The van der Waals surface area contributed by atoms with Gasteiger partial charge in [-0.25, -0.2) is 9.37 Å². The van der Waals surface area contributed by atoms with Crippen molar-refractivity contribution in [2.24, 2.45) is 7.05 Å². The predicted molar refractivity (Wildman–Crippen MR) is 121 cm³/mol. The van der Waals surface area contributed by atoms with E-state index < -0.39 is 5.60 Å². The first-order valence-corrected chi connectivity index (χ1v) is 10.6. The van der Waals surface area contributed by atoms with Crippen molar-refractivity contribution < 1.29 is 9.13 Å². The Hall–Kier alpha value is -3.68. The maximum absolute atomic E-state index is 14.4.